The monoisotopic (exact) mass is 447 g/mol. The van der Waals surface area contributed by atoms with Crippen molar-refractivity contribution >= 4 is 21.7 Å². The topological polar surface area (TPSA) is 92.7 Å². The van der Waals surface area contributed by atoms with Gasteiger partial charge in [0.15, 0.2) is 0 Å². The van der Waals surface area contributed by atoms with Gasteiger partial charge in [-0.25, -0.2) is 8.42 Å². The summed E-state index contributed by atoms with van der Waals surface area (Å²) in [6, 6.07) is 7.30. The molecule has 0 heterocycles. The normalized spacial score (nSPS) is 12.0. The van der Waals surface area contributed by atoms with E-state index in [0.717, 1.165) is 16.7 Å². The van der Waals surface area contributed by atoms with E-state index in [2.05, 4.69) is 4.72 Å². The Labute approximate surface area is 185 Å². The van der Waals surface area contributed by atoms with Gasteiger partial charge in [-0.2, -0.15) is 0 Å². The van der Waals surface area contributed by atoms with Crippen molar-refractivity contribution in [2.75, 3.05) is 11.3 Å². The van der Waals surface area contributed by atoms with Crippen molar-refractivity contribution in [3.63, 3.8) is 0 Å². The number of carboxylic acids is 1. The van der Waals surface area contributed by atoms with Gasteiger partial charge in [-0.3, -0.25) is 9.52 Å². The molecule has 0 amide bonds. The standard InChI is InChI=1S/C24H33NO5S/c1-15-11-18(4)22(19(5)12-15)31(28,29)25-20-13-17(3)21(14-16(20)2)30-10-8-9-24(6,7)23(26)27/h11-14,25H,8-10H2,1-7H3,(H,26,27). The second-order valence-corrected chi connectivity index (χ2v) is 10.5. The Hall–Kier alpha value is -2.54. The molecule has 0 bridgehead atoms. The molecule has 0 aromatic heterocycles. The fourth-order valence-corrected chi connectivity index (χ4v) is 5.22. The van der Waals surface area contributed by atoms with Crippen LogP contribution in [0, 0.1) is 40.0 Å². The first-order chi connectivity index (χ1) is 14.2. The van der Waals surface area contributed by atoms with E-state index in [1.807, 2.05) is 39.0 Å². The predicted octanol–water partition coefficient (Wildman–Crippen LogP) is 5.30. The number of rotatable bonds is 9. The van der Waals surface area contributed by atoms with Crippen molar-refractivity contribution in [1.82, 2.24) is 0 Å². The zero-order chi connectivity index (χ0) is 23.6. The van der Waals surface area contributed by atoms with E-state index in [9.17, 15) is 18.3 Å². The molecular weight excluding hydrogens is 414 g/mol. The number of benzene rings is 2. The minimum atomic E-state index is -3.74. The van der Waals surface area contributed by atoms with Gasteiger partial charge in [0.25, 0.3) is 10.0 Å². The molecule has 0 radical (unpaired) electrons. The highest BCUT2D eigenvalue weighted by Crippen LogP contribution is 2.30. The lowest BCUT2D eigenvalue weighted by Gasteiger charge is -2.19. The van der Waals surface area contributed by atoms with E-state index in [-0.39, 0.29) is 0 Å². The summed E-state index contributed by atoms with van der Waals surface area (Å²) in [6.45, 7) is 13.0. The third-order valence-electron chi connectivity index (χ3n) is 5.42. The quantitative estimate of drug-likeness (QED) is 0.509. The molecule has 2 aromatic rings. The zero-order valence-electron chi connectivity index (χ0n) is 19.4. The van der Waals surface area contributed by atoms with Crippen molar-refractivity contribution < 1.29 is 23.1 Å². The maximum absolute atomic E-state index is 13.1. The molecule has 0 aliphatic carbocycles. The van der Waals surface area contributed by atoms with Crippen LogP contribution in [0.25, 0.3) is 0 Å². The molecule has 0 aliphatic heterocycles. The van der Waals surface area contributed by atoms with Crippen molar-refractivity contribution in [1.29, 1.82) is 0 Å². The molecule has 0 spiro atoms. The van der Waals surface area contributed by atoms with Crippen LogP contribution in [-0.4, -0.2) is 26.1 Å². The van der Waals surface area contributed by atoms with Crippen LogP contribution in [0.4, 0.5) is 5.69 Å². The maximum Gasteiger partial charge on any atom is 0.309 e. The molecule has 7 heteroatoms. The first-order valence-corrected chi connectivity index (χ1v) is 11.8. The van der Waals surface area contributed by atoms with Crippen LogP contribution in [0.3, 0.4) is 0 Å². The smallest absolute Gasteiger partial charge is 0.309 e. The average Bonchev–Trinajstić information content (AvgIpc) is 2.60. The third-order valence-corrected chi connectivity index (χ3v) is 7.09. The number of nitrogens with one attached hydrogen (secondary N) is 1. The number of carbonyl (C=O) groups is 1. The Morgan fingerprint density at radius 3 is 2.10 bits per heavy atom. The minimum absolute atomic E-state index is 0.302. The molecule has 0 fully saturated rings. The van der Waals surface area contributed by atoms with Crippen molar-refractivity contribution in [2.24, 2.45) is 5.41 Å². The Morgan fingerprint density at radius 1 is 0.968 bits per heavy atom. The summed E-state index contributed by atoms with van der Waals surface area (Å²) >= 11 is 0. The van der Waals surface area contributed by atoms with E-state index in [1.54, 1.807) is 33.8 Å². The average molecular weight is 448 g/mol. The number of carboxylic acid groups (broad SMARTS) is 1. The van der Waals surface area contributed by atoms with Gasteiger partial charge in [-0.1, -0.05) is 17.7 Å². The van der Waals surface area contributed by atoms with Crippen LogP contribution in [0.2, 0.25) is 0 Å². The molecule has 6 nitrogen and oxygen atoms in total. The summed E-state index contributed by atoms with van der Waals surface area (Å²) in [5, 5.41) is 9.19. The molecule has 0 aliphatic rings. The van der Waals surface area contributed by atoms with Crippen LogP contribution in [0.1, 0.15) is 54.5 Å². The first kappa shape index (κ1) is 24.7. The van der Waals surface area contributed by atoms with E-state index < -0.39 is 21.4 Å². The summed E-state index contributed by atoms with van der Waals surface area (Å²) in [7, 11) is -3.74. The third kappa shape index (κ3) is 6.00. The van der Waals surface area contributed by atoms with Gasteiger partial charge in [0, 0.05) is 0 Å². The SMILES string of the molecule is Cc1cc(C)c(S(=O)(=O)Nc2cc(C)c(OCCCC(C)(C)C(=O)O)cc2C)c(C)c1. The van der Waals surface area contributed by atoms with Crippen molar-refractivity contribution in [3.05, 3.63) is 52.1 Å². The molecule has 0 atom stereocenters. The summed E-state index contributed by atoms with van der Waals surface area (Å²) in [5.41, 5.74) is 3.72. The zero-order valence-corrected chi connectivity index (χ0v) is 20.2. The summed E-state index contributed by atoms with van der Waals surface area (Å²) in [4.78, 5) is 11.5. The van der Waals surface area contributed by atoms with Crippen molar-refractivity contribution in [2.45, 2.75) is 66.2 Å². The Kier molecular flexibility index (Phi) is 7.42. The van der Waals surface area contributed by atoms with Gasteiger partial charge in [0.2, 0.25) is 0 Å². The lowest BCUT2D eigenvalue weighted by atomic mass is 9.88. The number of anilines is 1. The second-order valence-electron chi connectivity index (χ2n) is 8.91. The van der Waals surface area contributed by atoms with Gasteiger partial charge >= 0.3 is 5.97 Å². The molecule has 2 aromatic carbocycles. The molecule has 0 unspecified atom stereocenters. The Balaban J connectivity index is 2.16. The fourth-order valence-electron chi connectivity index (χ4n) is 3.64. The highest BCUT2D eigenvalue weighted by molar-refractivity contribution is 7.92. The van der Waals surface area contributed by atoms with Crippen LogP contribution in [0.5, 0.6) is 5.75 Å². The van der Waals surface area contributed by atoms with Gasteiger partial charge in [-0.15, -0.1) is 0 Å². The summed E-state index contributed by atoms with van der Waals surface area (Å²) in [5.74, 6) is -0.161. The molecule has 2 N–H and O–H groups in total. The van der Waals surface area contributed by atoms with Crippen LogP contribution in [0.15, 0.2) is 29.2 Å². The lowest BCUT2D eigenvalue weighted by Crippen LogP contribution is -2.24. The number of ether oxygens (including phenoxy) is 1. The fraction of sp³-hybridized carbons (Fsp3) is 0.458. The molecule has 2 rings (SSSR count). The van der Waals surface area contributed by atoms with E-state index >= 15 is 0 Å². The van der Waals surface area contributed by atoms with Crippen LogP contribution >= 0.6 is 0 Å². The van der Waals surface area contributed by atoms with Gasteiger partial charge < -0.3 is 9.84 Å². The van der Waals surface area contributed by atoms with Crippen LogP contribution < -0.4 is 9.46 Å². The summed E-state index contributed by atoms with van der Waals surface area (Å²) < 4.78 is 34.7. The Morgan fingerprint density at radius 2 is 1.55 bits per heavy atom. The molecular formula is C24H33NO5S. The molecule has 0 saturated carbocycles. The number of sulfonamides is 1. The number of aliphatic carboxylic acids is 1. The second kappa shape index (κ2) is 9.30. The summed E-state index contributed by atoms with van der Waals surface area (Å²) in [6.07, 6.45) is 1.12. The molecule has 31 heavy (non-hydrogen) atoms. The molecule has 170 valence electrons. The lowest BCUT2D eigenvalue weighted by molar-refractivity contribution is -0.147. The van der Waals surface area contributed by atoms with Gasteiger partial charge in [0.05, 0.1) is 22.6 Å². The highest BCUT2D eigenvalue weighted by atomic mass is 32.2. The largest absolute Gasteiger partial charge is 0.493 e. The number of hydrogen-bond acceptors (Lipinski definition) is 4. The van der Waals surface area contributed by atoms with E-state index in [0.29, 0.717) is 46.9 Å². The van der Waals surface area contributed by atoms with Crippen molar-refractivity contribution in [3.8, 4) is 5.75 Å². The van der Waals surface area contributed by atoms with Gasteiger partial charge in [-0.05, 0) is 95.7 Å². The highest BCUT2D eigenvalue weighted by Gasteiger charge is 2.26. The van der Waals surface area contributed by atoms with E-state index in [1.165, 1.54) is 0 Å². The Bertz CT molecular complexity index is 1060. The molecule has 0 saturated heterocycles. The first-order valence-electron chi connectivity index (χ1n) is 10.3. The van der Waals surface area contributed by atoms with Gasteiger partial charge in [0.1, 0.15) is 5.75 Å². The maximum atomic E-state index is 13.1. The minimum Gasteiger partial charge on any atom is -0.493 e. The van der Waals surface area contributed by atoms with E-state index in [4.69, 9.17) is 4.74 Å². The number of hydrogen-bond donors (Lipinski definition) is 2. The number of aryl methyl sites for hydroxylation is 5. The predicted molar refractivity (Wildman–Crippen MR) is 124 cm³/mol. The van der Waals surface area contributed by atoms with Crippen LogP contribution in [-0.2, 0) is 14.8 Å².